The van der Waals surface area contributed by atoms with E-state index in [0.29, 0.717) is 42.6 Å². The van der Waals surface area contributed by atoms with Crippen molar-refractivity contribution in [1.82, 2.24) is 19.7 Å². The van der Waals surface area contributed by atoms with Gasteiger partial charge in [0, 0.05) is 36.8 Å². The zero-order chi connectivity index (χ0) is 21.3. The maximum Gasteiger partial charge on any atom is 0.435 e. The number of nitrogens with zero attached hydrogens (tertiary/aromatic N) is 5. The Bertz CT molecular complexity index is 916. The lowest BCUT2D eigenvalue weighted by molar-refractivity contribution is -0.142. The van der Waals surface area contributed by atoms with Crippen molar-refractivity contribution in [2.75, 3.05) is 31.1 Å². The molecule has 3 rings (SSSR count). The summed E-state index contributed by atoms with van der Waals surface area (Å²) in [4.78, 5) is 32.1. The Morgan fingerprint density at radius 2 is 1.90 bits per heavy atom. The number of anilines is 1. The summed E-state index contributed by atoms with van der Waals surface area (Å²) >= 11 is 1.32. The summed E-state index contributed by atoms with van der Waals surface area (Å²) in [6.07, 6.45) is -3.98. The number of aryl methyl sites for hydroxylation is 2. The third-order valence-corrected chi connectivity index (χ3v) is 5.93. The van der Waals surface area contributed by atoms with Gasteiger partial charge in [0.05, 0.1) is 0 Å². The lowest BCUT2D eigenvalue weighted by atomic mass is 10.3. The average molecular weight is 431 g/mol. The number of carboxylic acid groups (broad SMARTS) is 1. The largest absolute Gasteiger partial charge is 0.476 e. The zero-order valence-corrected chi connectivity index (χ0v) is 16.7. The highest BCUT2D eigenvalue weighted by molar-refractivity contribution is 7.15. The first-order valence-electron chi connectivity index (χ1n) is 8.97. The Morgan fingerprint density at radius 3 is 2.38 bits per heavy atom. The number of halogens is 3. The van der Waals surface area contributed by atoms with Gasteiger partial charge in [-0.3, -0.25) is 9.48 Å². The summed E-state index contributed by atoms with van der Waals surface area (Å²) in [6.45, 7) is 4.75. The Morgan fingerprint density at radius 1 is 1.24 bits per heavy atom. The third kappa shape index (κ3) is 4.52. The van der Waals surface area contributed by atoms with E-state index in [1.165, 1.54) is 18.3 Å². The zero-order valence-electron chi connectivity index (χ0n) is 15.9. The molecule has 2 aromatic rings. The Labute approximate surface area is 168 Å². The molecule has 0 spiro atoms. The van der Waals surface area contributed by atoms with E-state index in [4.69, 9.17) is 0 Å². The van der Waals surface area contributed by atoms with Crippen LogP contribution in [0.1, 0.15) is 33.7 Å². The number of hydrogen-bond donors (Lipinski definition) is 1. The maximum atomic E-state index is 12.8. The third-order valence-electron chi connectivity index (χ3n) is 4.67. The first-order chi connectivity index (χ1) is 13.6. The predicted molar refractivity (Wildman–Crippen MR) is 99.2 cm³/mol. The summed E-state index contributed by atoms with van der Waals surface area (Å²) in [5.41, 5.74) is -0.696. The standard InChI is InChI=1S/C17H20F3N5O3S/c1-3-11-14(15(27)28)21-16(29-11)24-6-4-23(5-7-24)13(26)9-25-10(2)8-12(22-25)17(18,19)20/h8H,3-7,9H2,1-2H3,(H,27,28). The van der Waals surface area contributed by atoms with Crippen molar-refractivity contribution in [3.63, 3.8) is 0 Å². The van der Waals surface area contributed by atoms with Crippen molar-refractivity contribution in [1.29, 1.82) is 0 Å². The number of alkyl halides is 3. The van der Waals surface area contributed by atoms with Gasteiger partial charge in [-0.1, -0.05) is 6.92 Å². The van der Waals surface area contributed by atoms with Crippen molar-refractivity contribution >= 4 is 28.3 Å². The van der Waals surface area contributed by atoms with Gasteiger partial charge in [0.2, 0.25) is 5.91 Å². The van der Waals surface area contributed by atoms with Crippen molar-refractivity contribution < 1.29 is 27.9 Å². The maximum absolute atomic E-state index is 12.8. The van der Waals surface area contributed by atoms with Crippen LogP contribution in [0.4, 0.5) is 18.3 Å². The van der Waals surface area contributed by atoms with Crippen LogP contribution in [-0.2, 0) is 23.9 Å². The van der Waals surface area contributed by atoms with E-state index in [2.05, 4.69) is 10.1 Å². The van der Waals surface area contributed by atoms with Gasteiger partial charge in [-0.25, -0.2) is 9.78 Å². The molecule has 2 aromatic heterocycles. The highest BCUT2D eigenvalue weighted by Crippen LogP contribution is 2.29. The molecule has 0 saturated carbocycles. The van der Waals surface area contributed by atoms with Gasteiger partial charge in [-0.15, -0.1) is 11.3 Å². The number of carbonyl (C=O) groups excluding carboxylic acids is 1. The lowest BCUT2D eigenvalue weighted by Crippen LogP contribution is -2.49. The van der Waals surface area contributed by atoms with Crippen molar-refractivity contribution in [3.8, 4) is 0 Å². The Hall–Kier alpha value is -2.63. The van der Waals surface area contributed by atoms with Crippen LogP contribution in [0.15, 0.2) is 6.07 Å². The molecule has 1 saturated heterocycles. The van der Waals surface area contributed by atoms with E-state index in [0.717, 1.165) is 10.7 Å². The fourth-order valence-corrected chi connectivity index (χ4v) is 4.11. The van der Waals surface area contributed by atoms with E-state index in [-0.39, 0.29) is 23.8 Å². The molecule has 1 aliphatic rings. The van der Waals surface area contributed by atoms with Crippen LogP contribution in [0.25, 0.3) is 0 Å². The fraction of sp³-hybridized carbons (Fsp3) is 0.529. The minimum Gasteiger partial charge on any atom is -0.476 e. The second kappa shape index (κ2) is 8.01. The normalized spacial score (nSPS) is 15.1. The average Bonchev–Trinajstić information content (AvgIpc) is 3.26. The molecule has 1 fully saturated rings. The molecule has 1 aliphatic heterocycles. The molecule has 1 N–H and O–H groups in total. The summed E-state index contributed by atoms with van der Waals surface area (Å²) in [5, 5.41) is 13.3. The molecule has 0 radical (unpaired) electrons. The molecule has 12 heteroatoms. The fourth-order valence-electron chi connectivity index (χ4n) is 3.07. The second-order valence-electron chi connectivity index (χ2n) is 6.62. The van der Waals surface area contributed by atoms with Gasteiger partial charge < -0.3 is 14.9 Å². The van der Waals surface area contributed by atoms with Crippen molar-refractivity contribution in [3.05, 3.63) is 28.0 Å². The lowest BCUT2D eigenvalue weighted by Gasteiger charge is -2.34. The topological polar surface area (TPSA) is 91.6 Å². The Kier molecular flexibility index (Phi) is 5.82. The number of aromatic nitrogens is 3. The highest BCUT2D eigenvalue weighted by atomic mass is 32.1. The van der Waals surface area contributed by atoms with Gasteiger partial charge in [0.25, 0.3) is 0 Å². The molecule has 1 amide bonds. The van der Waals surface area contributed by atoms with Crippen LogP contribution < -0.4 is 4.90 Å². The van der Waals surface area contributed by atoms with Crippen LogP contribution in [0, 0.1) is 6.92 Å². The molecule has 8 nitrogen and oxygen atoms in total. The van der Waals surface area contributed by atoms with Gasteiger partial charge in [0.15, 0.2) is 16.5 Å². The van der Waals surface area contributed by atoms with Crippen molar-refractivity contribution in [2.45, 2.75) is 33.0 Å². The minimum absolute atomic E-state index is 0.0561. The van der Waals surface area contributed by atoms with E-state index >= 15 is 0 Å². The summed E-state index contributed by atoms with van der Waals surface area (Å²) in [5.74, 6) is -1.38. The minimum atomic E-state index is -4.55. The monoisotopic (exact) mass is 431 g/mol. The summed E-state index contributed by atoms with van der Waals surface area (Å²) in [6, 6.07) is 0.916. The van der Waals surface area contributed by atoms with Gasteiger partial charge in [0.1, 0.15) is 6.54 Å². The number of aromatic carboxylic acids is 1. The first kappa shape index (κ1) is 21.1. The number of amides is 1. The number of piperazine rings is 1. The van der Waals surface area contributed by atoms with Crippen molar-refractivity contribution in [2.24, 2.45) is 0 Å². The molecule has 29 heavy (non-hydrogen) atoms. The van der Waals surface area contributed by atoms with E-state index in [1.807, 2.05) is 11.8 Å². The molecule has 158 valence electrons. The van der Waals surface area contributed by atoms with E-state index in [9.17, 15) is 27.9 Å². The quantitative estimate of drug-likeness (QED) is 0.781. The molecular formula is C17H20F3N5O3S. The molecule has 3 heterocycles. The number of carboxylic acids is 1. The molecule has 0 aliphatic carbocycles. The van der Waals surface area contributed by atoms with Crippen LogP contribution >= 0.6 is 11.3 Å². The van der Waals surface area contributed by atoms with E-state index in [1.54, 1.807) is 4.90 Å². The van der Waals surface area contributed by atoms with Crippen LogP contribution in [0.2, 0.25) is 0 Å². The predicted octanol–water partition coefficient (Wildman–Crippen LogP) is 2.28. The van der Waals surface area contributed by atoms with Gasteiger partial charge >= 0.3 is 12.1 Å². The Balaban J connectivity index is 1.62. The first-order valence-corrected chi connectivity index (χ1v) is 9.79. The second-order valence-corrected chi connectivity index (χ2v) is 7.68. The molecule has 0 bridgehead atoms. The number of hydrogen-bond acceptors (Lipinski definition) is 6. The summed E-state index contributed by atoms with van der Waals surface area (Å²) < 4.78 is 39.4. The number of carbonyl (C=O) groups is 2. The molecule has 0 atom stereocenters. The van der Waals surface area contributed by atoms with E-state index < -0.39 is 17.8 Å². The van der Waals surface area contributed by atoms with Crippen LogP contribution in [0.3, 0.4) is 0 Å². The number of thiazole rings is 1. The smallest absolute Gasteiger partial charge is 0.435 e. The summed E-state index contributed by atoms with van der Waals surface area (Å²) in [7, 11) is 0. The SMILES string of the molecule is CCc1sc(N2CCN(C(=O)Cn3nc(C(F)(F)F)cc3C)CC2)nc1C(=O)O. The highest BCUT2D eigenvalue weighted by Gasteiger charge is 2.35. The molecular weight excluding hydrogens is 411 g/mol. The van der Waals surface area contributed by atoms with Gasteiger partial charge in [-0.2, -0.15) is 18.3 Å². The number of rotatable bonds is 5. The van der Waals surface area contributed by atoms with Crippen LogP contribution in [-0.4, -0.2) is 62.8 Å². The molecule has 0 unspecified atom stereocenters. The molecule has 0 aromatic carbocycles. The van der Waals surface area contributed by atoms with Gasteiger partial charge in [-0.05, 0) is 19.4 Å². The van der Waals surface area contributed by atoms with Crippen LogP contribution in [0.5, 0.6) is 0 Å².